The minimum atomic E-state index is -0.784. The molecular formula is C27H34FN3O3S. The molecule has 0 radical (unpaired) electrons. The lowest BCUT2D eigenvalue weighted by Crippen LogP contribution is -2.67. The minimum Gasteiger partial charge on any atom is -0.858 e. The van der Waals surface area contributed by atoms with Crippen molar-refractivity contribution in [3.63, 3.8) is 0 Å². The first-order valence-corrected chi connectivity index (χ1v) is 13.6. The van der Waals surface area contributed by atoms with E-state index >= 15 is 0 Å². The quantitative estimate of drug-likeness (QED) is 0.251. The Morgan fingerprint density at radius 1 is 1.23 bits per heavy atom. The number of carbonyl (C=O) groups is 1. The van der Waals surface area contributed by atoms with Crippen LogP contribution < -0.4 is 5.11 Å². The molecule has 4 aliphatic rings. The molecule has 0 N–H and O–H groups in total. The van der Waals surface area contributed by atoms with E-state index in [1.807, 2.05) is 24.4 Å². The topological polar surface area (TPSA) is 65.0 Å². The maximum Gasteiger partial charge on any atom is 0.332 e. The Morgan fingerprint density at radius 3 is 2.69 bits per heavy atom. The molecule has 5 heterocycles. The van der Waals surface area contributed by atoms with Gasteiger partial charge >= 0.3 is 5.97 Å². The van der Waals surface area contributed by atoms with Crippen LogP contribution in [0, 0.1) is 11.7 Å². The van der Waals surface area contributed by atoms with Crippen molar-refractivity contribution < 1.29 is 23.5 Å². The van der Waals surface area contributed by atoms with Crippen LogP contribution in [0.4, 0.5) is 10.1 Å². The van der Waals surface area contributed by atoms with Crippen molar-refractivity contribution in [1.82, 2.24) is 4.90 Å². The number of likely N-dealkylation sites (tertiary alicyclic amines) is 1. The molecule has 6 nitrogen and oxygen atoms in total. The SMILES string of the molecule is CC(C(=O)O[C@@H]1C[N+]2(CC([O-])=Nc3cccc(F)c3)CCC1CC2)(c1cccs1)N1CCCCC1. The number of halogens is 1. The lowest BCUT2D eigenvalue weighted by atomic mass is 9.83. The van der Waals surface area contributed by atoms with E-state index in [0.29, 0.717) is 22.6 Å². The van der Waals surface area contributed by atoms with Gasteiger partial charge in [-0.25, -0.2) is 9.18 Å². The van der Waals surface area contributed by atoms with Crippen LogP contribution in [0.25, 0.3) is 0 Å². The summed E-state index contributed by atoms with van der Waals surface area (Å²) in [5.41, 5.74) is -0.440. The predicted molar refractivity (Wildman–Crippen MR) is 133 cm³/mol. The second-order valence-corrected chi connectivity index (χ2v) is 11.4. The molecule has 1 aromatic heterocycles. The zero-order valence-electron chi connectivity index (χ0n) is 20.3. The number of hydrogen-bond acceptors (Lipinski definition) is 6. The minimum absolute atomic E-state index is 0.172. The van der Waals surface area contributed by atoms with E-state index in [9.17, 15) is 14.3 Å². The maximum absolute atomic E-state index is 13.8. The second kappa shape index (κ2) is 9.99. The zero-order chi connectivity index (χ0) is 24.5. The molecule has 4 aliphatic heterocycles. The number of aliphatic imine (C=N–C) groups is 1. The lowest BCUT2D eigenvalue weighted by molar-refractivity contribution is -0.939. The van der Waals surface area contributed by atoms with E-state index in [1.54, 1.807) is 23.5 Å². The predicted octanol–water partition coefficient (Wildman–Crippen LogP) is 3.83. The van der Waals surface area contributed by atoms with Gasteiger partial charge < -0.3 is 14.3 Å². The number of quaternary nitrogens is 1. The highest BCUT2D eigenvalue weighted by atomic mass is 32.1. The Morgan fingerprint density at radius 2 is 2.00 bits per heavy atom. The van der Waals surface area contributed by atoms with E-state index in [-0.39, 0.29) is 24.5 Å². The van der Waals surface area contributed by atoms with Gasteiger partial charge in [0.1, 0.15) is 18.9 Å². The summed E-state index contributed by atoms with van der Waals surface area (Å²) < 4.78 is 20.4. The zero-order valence-corrected chi connectivity index (χ0v) is 21.1. The standard InChI is InChI=1S/C27H34FN3O3S/c1-27(24-9-6-16-35-24,30-12-3-2-4-13-30)26(33)34-23-18-31(14-10-20(23)11-15-31)19-25(32)29-22-8-5-7-21(28)17-22/h5-9,16-17,20,23H,2-4,10-15,18-19H2,1H3/t20?,23-,27?,31?/m1/s1. The molecule has 0 saturated carbocycles. The molecule has 0 aliphatic carbocycles. The first kappa shape index (κ1) is 24.4. The largest absolute Gasteiger partial charge is 0.858 e. The van der Waals surface area contributed by atoms with Crippen LogP contribution >= 0.6 is 11.3 Å². The third-order valence-electron chi connectivity index (χ3n) is 8.22. The molecule has 0 spiro atoms. The highest BCUT2D eigenvalue weighted by Crippen LogP contribution is 2.39. The average Bonchev–Trinajstić information content (AvgIpc) is 3.40. The van der Waals surface area contributed by atoms with E-state index in [2.05, 4.69) is 9.89 Å². The van der Waals surface area contributed by atoms with E-state index in [0.717, 1.165) is 56.7 Å². The highest BCUT2D eigenvalue weighted by Gasteiger charge is 2.51. The summed E-state index contributed by atoms with van der Waals surface area (Å²) in [6.45, 7) is 6.47. The molecule has 2 atom stereocenters. The van der Waals surface area contributed by atoms with Crippen molar-refractivity contribution in [1.29, 1.82) is 0 Å². The van der Waals surface area contributed by atoms with Gasteiger partial charge in [-0.2, -0.15) is 0 Å². The number of piperidine rings is 4. The van der Waals surface area contributed by atoms with Crippen molar-refractivity contribution in [2.75, 3.05) is 39.3 Å². The number of nitrogens with zero attached hydrogens (tertiary/aromatic N) is 3. The number of fused-ring (bicyclic) bond motifs is 3. The van der Waals surface area contributed by atoms with Crippen LogP contribution in [0.3, 0.4) is 0 Å². The molecule has 1 unspecified atom stereocenters. The van der Waals surface area contributed by atoms with Crippen molar-refractivity contribution in [3.8, 4) is 0 Å². The van der Waals surface area contributed by atoms with Crippen molar-refractivity contribution in [3.05, 3.63) is 52.5 Å². The fourth-order valence-corrected chi connectivity index (χ4v) is 7.03. The highest BCUT2D eigenvalue weighted by molar-refractivity contribution is 7.10. The molecule has 2 bridgehead atoms. The summed E-state index contributed by atoms with van der Waals surface area (Å²) in [5, 5.41) is 14.8. The van der Waals surface area contributed by atoms with E-state index in [4.69, 9.17) is 4.74 Å². The van der Waals surface area contributed by atoms with Crippen LogP contribution in [0.5, 0.6) is 0 Å². The average molecular weight is 500 g/mol. The van der Waals surface area contributed by atoms with Crippen molar-refractivity contribution in [2.45, 2.75) is 50.7 Å². The summed E-state index contributed by atoms with van der Waals surface area (Å²) in [4.78, 5) is 21.3. The normalized spacial score (nSPS) is 29.0. The summed E-state index contributed by atoms with van der Waals surface area (Å²) in [7, 11) is 0. The van der Waals surface area contributed by atoms with Crippen LogP contribution in [0.1, 0.15) is 43.9 Å². The van der Waals surface area contributed by atoms with E-state index < -0.39 is 11.4 Å². The molecule has 4 fully saturated rings. The van der Waals surface area contributed by atoms with Gasteiger partial charge in [0.15, 0.2) is 11.6 Å². The third kappa shape index (κ3) is 5.01. The number of hydrogen-bond donors (Lipinski definition) is 0. The molecule has 2 aromatic rings. The molecule has 35 heavy (non-hydrogen) atoms. The number of benzene rings is 1. The van der Waals surface area contributed by atoms with Crippen LogP contribution in [-0.4, -0.2) is 66.6 Å². The smallest absolute Gasteiger partial charge is 0.332 e. The lowest BCUT2D eigenvalue weighted by Gasteiger charge is -2.53. The Kier molecular flexibility index (Phi) is 6.97. The molecule has 8 heteroatoms. The van der Waals surface area contributed by atoms with Gasteiger partial charge in [0.2, 0.25) is 0 Å². The van der Waals surface area contributed by atoms with Gasteiger partial charge in [-0.05, 0) is 62.5 Å². The molecule has 6 rings (SSSR count). The third-order valence-corrected chi connectivity index (χ3v) is 9.30. The van der Waals surface area contributed by atoms with Crippen molar-refractivity contribution in [2.24, 2.45) is 10.9 Å². The van der Waals surface area contributed by atoms with Gasteiger partial charge in [0, 0.05) is 29.5 Å². The van der Waals surface area contributed by atoms with Gasteiger partial charge in [0.05, 0.1) is 18.8 Å². The van der Waals surface area contributed by atoms with Crippen LogP contribution in [-0.2, 0) is 15.1 Å². The number of ether oxygens (including phenoxy) is 1. The Balaban J connectivity index is 1.32. The van der Waals surface area contributed by atoms with Crippen molar-refractivity contribution >= 4 is 28.9 Å². The fourth-order valence-electron chi connectivity index (χ4n) is 6.12. The Bertz CT molecular complexity index is 1060. The summed E-state index contributed by atoms with van der Waals surface area (Å²) in [6.07, 6.45) is 5.06. The summed E-state index contributed by atoms with van der Waals surface area (Å²) in [5.74, 6) is -0.491. The van der Waals surface area contributed by atoms with Gasteiger partial charge in [-0.15, -0.1) is 11.3 Å². The molecule has 0 amide bonds. The molecular weight excluding hydrogens is 465 g/mol. The van der Waals surface area contributed by atoms with Gasteiger partial charge in [-0.3, -0.25) is 9.89 Å². The molecule has 1 aromatic carbocycles. The molecule has 4 saturated heterocycles. The van der Waals surface area contributed by atoms with Crippen LogP contribution in [0.15, 0.2) is 46.8 Å². The van der Waals surface area contributed by atoms with Gasteiger partial charge in [0.25, 0.3) is 0 Å². The second-order valence-electron chi connectivity index (χ2n) is 10.5. The Hall–Kier alpha value is -2.29. The Labute approximate surface area is 210 Å². The fraction of sp³-hybridized carbons (Fsp3) is 0.556. The van der Waals surface area contributed by atoms with Gasteiger partial charge in [-0.1, -0.05) is 18.6 Å². The first-order chi connectivity index (χ1) is 16.9. The molecule has 188 valence electrons. The number of thiophene rings is 1. The number of esters is 1. The number of carbonyl (C=O) groups excluding carboxylic acids is 1. The summed E-state index contributed by atoms with van der Waals surface area (Å²) in [6, 6.07) is 9.85. The van der Waals surface area contributed by atoms with Crippen LogP contribution in [0.2, 0.25) is 0 Å². The maximum atomic E-state index is 13.8. The van der Waals surface area contributed by atoms with E-state index in [1.165, 1.54) is 18.6 Å². The summed E-state index contributed by atoms with van der Waals surface area (Å²) >= 11 is 1.61. The first-order valence-electron chi connectivity index (χ1n) is 12.7. The monoisotopic (exact) mass is 499 g/mol. The number of rotatable bonds is 7.